The number of hydrogen-bond acceptors (Lipinski definition) is 5. The topological polar surface area (TPSA) is 69.7 Å². The zero-order valence-corrected chi connectivity index (χ0v) is 22.5. The first-order valence-electron chi connectivity index (χ1n) is 12.2. The highest BCUT2D eigenvalue weighted by atomic mass is 16.5. The van der Waals surface area contributed by atoms with Gasteiger partial charge >= 0.3 is 0 Å². The van der Waals surface area contributed by atoms with E-state index in [1.54, 1.807) is 50.6 Å². The van der Waals surface area contributed by atoms with Gasteiger partial charge in [0.1, 0.15) is 11.5 Å². The molecule has 0 aromatic heterocycles. The third-order valence-corrected chi connectivity index (χ3v) is 6.23. The lowest BCUT2D eigenvalue weighted by atomic mass is 9.82. The van der Waals surface area contributed by atoms with Crippen molar-refractivity contribution < 1.29 is 23.9 Å². The van der Waals surface area contributed by atoms with Crippen LogP contribution in [-0.4, -0.2) is 31.6 Å². The van der Waals surface area contributed by atoms with Crippen molar-refractivity contribution in [3.8, 4) is 11.5 Å². The summed E-state index contributed by atoms with van der Waals surface area (Å²) in [6.45, 7) is 8.03. The summed E-state index contributed by atoms with van der Waals surface area (Å²) >= 11 is 0. The molecule has 0 amide bonds. The first kappa shape index (κ1) is 29.2. The largest absolute Gasteiger partial charge is 0.497 e. The van der Waals surface area contributed by atoms with Crippen molar-refractivity contribution in [2.45, 2.75) is 46.0 Å². The molecule has 3 aromatic carbocycles. The summed E-state index contributed by atoms with van der Waals surface area (Å²) in [5, 5.41) is 0. The summed E-state index contributed by atoms with van der Waals surface area (Å²) in [4.78, 5) is 35.2. The minimum atomic E-state index is -0.180. The summed E-state index contributed by atoms with van der Waals surface area (Å²) in [5.41, 5.74) is 3.37. The molecule has 3 rings (SSSR count). The summed E-state index contributed by atoms with van der Waals surface area (Å²) in [7, 11) is 3.20. The molecule has 194 valence electrons. The number of ketones is 3. The summed E-state index contributed by atoms with van der Waals surface area (Å²) in [5.74, 6) is 1.22. The smallest absolute Gasteiger partial charge is 0.170 e. The minimum absolute atomic E-state index is 0.0517. The van der Waals surface area contributed by atoms with Crippen molar-refractivity contribution >= 4 is 23.4 Å². The van der Waals surface area contributed by atoms with Gasteiger partial charge in [0, 0.05) is 11.1 Å². The van der Waals surface area contributed by atoms with Gasteiger partial charge in [-0.25, -0.2) is 0 Å². The second-order valence-electron chi connectivity index (χ2n) is 9.28. The van der Waals surface area contributed by atoms with Crippen molar-refractivity contribution in [2.75, 3.05) is 14.2 Å². The second-order valence-corrected chi connectivity index (χ2v) is 9.28. The zero-order chi connectivity index (χ0) is 27.4. The average molecular weight is 501 g/mol. The lowest BCUT2D eigenvalue weighted by Crippen LogP contribution is -2.15. The number of methoxy groups -OCH3 is 2. The van der Waals surface area contributed by atoms with E-state index in [4.69, 9.17) is 9.47 Å². The Bertz CT molecular complexity index is 1200. The fourth-order valence-electron chi connectivity index (χ4n) is 3.37. The molecule has 0 saturated carbocycles. The van der Waals surface area contributed by atoms with Gasteiger partial charge in [-0.15, -0.1) is 0 Å². The Labute approximate surface area is 220 Å². The molecule has 5 nitrogen and oxygen atoms in total. The molecule has 0 unspecified atom stereocenters. The Morgan fingerprint density at radius 2 is 1.16 bits per heavy atom. The van der Waals surface area contributed by atoms with Crippen molar-refractivity contribution in [2.24, 2.45) is 0 Å². The van der Waals surface area contributed by atoms with Gasteiger partial charge < -0.3 is 9.47 Å². The molecule has 0 N–H and O–H groups in total. The van der Waals surface area contributed by atoms with Gasteiger partial charge in [-0.05, 0) is 72.4 Å². The van der Waals surface area contributed by atoms with Crippen LogP contribution in [0.25, 0.3) is 6.08 Å². The first-order valence-corrected chi connectivity index (χ1v) is 12.2. The molecule has 37 heavy (non-hydrogen) atoms. The molecule has 0 bridgehead atoms. The molecule has 0 atom stereocenters. The van der Waals surface area contributed by atoms with Crippen LogP contribution in [0.1, 0.15) is 72.4 Å². The first-order chi connectivity index (χ1) is 17.6. The summed E-state index contributed by atoms with van der Waals surface area (Å²) in [6.07, 6.45) is 4.22. The number of benzene rings is 3. The Morgan fingerprint density at radius 1 is 0.730 bits per heavy atom. The molecule has 0 radical (unpaired) electrons. The third kappa shape index (κ3) is 9.19. The van der Waals surface area contributed by atoms with E-state index in [0.717, 1.165) is 17.7 Å². The predicted molar refractivity (Wildman–Crippen MR) is 149 cm³/mol. The Morgan fingerprint density at radius 3 is 1.57 bits per heavy atom. The summed E-state index contributed by atoms with van der Waals surface area (Å²) in [6, 6.07) is 21.9. The maximum atomic E-state index is 12.3. The van der Waals surface area contributed by atoms with Crippen molar-refractivity contribution in [1.82, 2.24) is 0 Å². The molecule has 0 spiro atoms. The standard InChI is InChI=1S/C21H24O3.C11H12O2/c1-5-21(2,3)17-10-6-15(7-11-17)19(22)14-20(23)16-8-12-18(24-4)13-9-16;1-9(12)3-4-10-5-7-11(13-2)8-6-10/h6-13H,5,14H2,1-4H3;3-8H,1-2H3/b;4-3+. The highest BCUT2D eigenvalue weighted by Crippen LogP contribution is 2.27. The van der Waals surface area contributed by atoms with E-state index in [1.165, 1.54) is 12.5 Å². The van der Waals surface area contributed by atoms with Crippen molar-refractivity contribution in [1.29, 1.82) is 0 Å². The van der Waals surface area contributed by atoms with Crippen LogP contribution in [0.5, 0.6) is 11.5 Å². The number of hydrogen-bond donors (Lipinski definition) is 0. The lowest BCUT2D eigenvalue weighted by molar-refractivity contribution is -0.112. The van der Waals surface area contributed by atoms with Crippen LogP contribution in [0.4, 0.5) is 0 Å². The van der Waals surface area contributed by atoms with Gasteiger partial charge in [-0.3, -0.25) is 14.4 Å². The maximum Gasteiger partial charge on any atom is 0.170 e. The van der Waals surface area contributed by atoms with Crippen LogP contribution in [0, 0.1) is 0 Å². The lowest BCUT2D eigenvalue weighted by Gasteiger charge is -2.23. The van der Waals surface area contributed by atoms with Crippen LogP contribution < -0.4 is 9.47 Å². The molecule has 3 aromatic rings. The number of ether oxygens (including phenoxy) is 2. The SMILES string of the molecule is CCC(C)(C)c1ccc(C(=O)CC(=O)c2ccc(OC)cc2)cc1.COc1ccc(/C=C/C(C)=O)cc1. The number of rotatable bonds is 10. The predicted octanol–water partition coefficient (Wildman–Crippen LogP) is 7.14. The Hall–Kier alpha value is -3.99. The maximum absolute atomic E-state index is 12.3. The van der Waals surface area contributed by atoms with Crippen LogP contribution in [0.15, 0.2) is 78.9 Å². The number of carbonyl (C=O) groups excluding carboxylic acids is 3. The van der Waals surface area contributed by atoms with Gasteiger partial charge in [0.05, 0.1) is 20.6 Å². The molecule has 0 aliphatic rings. The molecule has 0 aliphatic heterocycles. The monoisotopic (exact) mass is 500 g/mol. The molecule has 0 heterocycles. The highest BCUT2D eigenvalue weighted by Gasteiger charge is 2.19. The van der Waals surface area contributed by atoms with Gasteiger partial charge in [0.2, 0.25) is 0 Å². The van der Waals surface area contributed by atoms with Crippen LogP contribution >= 0.6 is 0 Å². The molecule has 0 aliphatic carbocycles. The second kappa shape index (κ2) is 13.9. The zero-order valence-electron chi connectivity index (χ0n) is 22.5. The fraction of sp³-hybridized carbons (Fsp3) is 0.281. The van der Waals surface area contributed by atoms with E-state index in [1.807, 2.05) is 48.5 Å². The normalized spacial score (nSPS) is 10.9. The van der Waals surface area contributed by atoms with E-state index < -0.39 is 0 Å². The third-order valence-electron chi connectivity index (χ3n) is 6.23. The van der Waals surface area contributed by atoms with Crippen LogP contribution in [0.3, 0.4) is 0 Å². The van der Waals surface area contributed by atoms with E-state index in [9.17, 15) is 14.4 Å². The molecular weight excluding hydrogens is 464 g/mol. The van der Waals surface area contributed by atoms with E-state index in [-0.39, 0.29) is 29.2 Å². The highest BCUT2D eigenvalue weighted by molar-refractivity contribution is 6.13. The van der Waals surface area contributed by atoms with Crippen LogP contribution in [-0.2, 0) is 10.2 Å². The number of allylic oxidation sites excluding steroid dienone is 1. The number of carbonyl (C=O) groups is 3. The van der Waals surface area contributed by atoms with Crippen LogP contribution in [0.2, 0.25) is 0 Å². The number of Topliss-reactive ketones (excluding diaryl/α,β-unsaturated/α-hetero) is 2. The van der Waals surface area contributed by atoms with E-state index >= 15 is 0 Å². The van der Waals surface area contributed by atoms with Gasteiger partial charge in [-0.1, -0.05) is 63.2 Å². The molecular formula is C32H36O5. The Kier molecular flexibility index (Phi) is 11.0. The molecule has 0 fully saturated rings. The molecule has 0 saturated heterocycles. The average Bonchev–Trinajstić information content (AvgIpc) is 2.92. The van der Waals surface area contributed by atoms with Crippen molar-refractivity contribution in [3.63, 3.8) is 0 Å². The van der Waals surface area contributed by atoms with Gasteiger partial charge in [0.25, 0.3) is 0 Å². The van der Waals surface area contributed by atoms with Crippen molar-refractivity contribution in [3.05, 3.63) is 101 Å². The van der Waals surface area contributed by atoms with Gasteiger partial charge in [-0.2, -0.15) is 0 Å². The fourth-order valence-corrected chi connectivity index (χ4v) is 3.37. The van der Waals surface area contributed by atoms with Gasteiger partial charge in [0.15, 0.2) is 17.3 Å². The van der Waals surface area contributed by atoms with E-state index in [0.29, 0.717) is 16.9 Å². The Balaban J connectivity index is 0.000000312. The van der Waals surface area contributed by atoms with E-state index in [2.05, 4.69) is 20.8 Å². The minimum Gasteiger partial charge on any atom is -0.497 e. The molecule has 5 heteroatoms. The quantitative estimate of drug-likeness (QED) is 0.168. The summed E-state index contributed by atoms with van der Waals surface area (Å²) < 4.78 is 10.1.